The maximum atomic E-state index is 5.31. The van der Waals surface area contributed by atoms with Crippen LogP contribution in [0.15, 0.2) is 24.3 Å². The highest BCUT2D eigenvalue weighted by Crippen LogP contribution is 2.18. The molecule has 0 radical (unpaired) electrons. The molecule has 0 spiro atoms. The summed E-state index contributed by atoms with van der Waals surface area (Å²) in [6.07, 6.45) is 2.00. The summed E-state index contributed by atoms with van der Waals surface area (Å²) >= 11 is 5.31. The van der Waals surface area contributed by atoms with E-state index in [1.54, 1.807) is 0 Å². The number of hydrogen-bond donors (Lipinski definition) is 1. The summed E-state index contributed by atoms with van der Waals surface area (Å²) in [5.74, 6) is 0.866. The topological polar surface area (TPSA) is 28.7 Å². The minimum absolute atomic E-state index is 0.695. The average Bonchev–Trinajstić information content (AvgIpc) is 2.42. The molecule has 0 amide bonds. The number of aromatic amines is 1. The molecule has 0 saturated carbocycles. The van der Waals surface area contributed by atoms with Crippen molar-refractivity contribution in [2.75, 3.05) is 0 Å². The van der Waals surface area contributed by atoms with E-state index < -0.39 is 0 Å². The molecule has 1 N–H and O–H groups in total. The SMILES string of the molecule is CCc1ccc(-c2nc(=S)c(C)c(CC)[nH]2)cc1. The fourth-order valence-corrected chi connectivity index (χ4v) is 2.18. The van der Waals surface area contributed by atoms with Crippen molar-refractivity contribution in [3.8, 4) is 11.4 Å². The molecule has 2 aromatic rings. The van der Waals surface area contributed by atoms with Crippen LogP contribution in [0.2, 0.25) is 0 Å². The highest BCUT2D eigenvalue weighted by atomic mass is 32.1. The highest BCUT2D eigenvalue weighted by molar-refractivity contribution is 7.71. The van der Waals surface area contributed by atoms with Crippen LogP contribution in [0.3, 0.4) is 0 Å². The molecule has 0 unspecified atom stereocenters. The van der Waals surface area contributed by atoms with Crippen LogP contribution in [0.25, 0.3) is 11.4 Å². The lowest BCUT2D eigenvalue weighted by Gasteiger charge is -2.08. The first-order valence-corrected chi connectivity index (χ1v) is 6.75. The Balaban J connectivity index is 2.50. The highest BCUT2D eigenvalue weighted by Gasteiger charge is 2.05. The quantitative estimate of drug-likeness (QED) is 0.834. The minimum Gasteiger partial charge on any atom is -0.343 e. The van der Waals surface area contributed by atoms with Gasteiger partial charge in [0.15, 0.2) is 0 Å². The van der Waals surface area contributed by atoms with Crippen LogP contribution < -0.4 is 0 Å². The summed E-state index contributed by atoms with van der Waals surface area (Å²) < 4.78 is 0.695. The van der Waals surface area contributed by atoms with Crippen molar-refractivity contribution in [2.45, 2.75) is 33.6 Å². The maximum Gasteiger partial charge on any atom is 0.139 e. The van der Waals surface area contributed by atoms with Gasteiger partial charge in [-0.25, -0.2) is 4.98 Å². The molecule has 0 bridgehead atoms. The zero-order chi connectivity index (χ0) is 13.1. The van der Waals surface area contributed by atoms with Crippen LogP contribution in [0.5, 0.6) is 0 Å². The van der Waals surface area contributed by atoms with Gasteiger partial charge in [0.1, 0.15) is 10.5 Å². The van der Waals surface area contributed by atoms with Crippen LogP contribution in [0, 0.1) is 11.6 Å². The lowest BCUT2D eigenvalue weighted by Crippen LogP contribution is -1.99. The Morgan fingerprint density at radius 3 is 2.33 bits per heavy atom. The number of H-pyrrole nitrogens is 1. The standard InChI is InChI=1S/C15H18N2S/c1-4-11-6-8-12(9-7-11)14-16-13(5-2)10(3)15(18)17-14/h6-9H,4-5H2,1-3H3,(H,16,17,18). The summed E-state index contributed by atoms with van der Waals surface area (Å²) in [5.41, 5.74) is 4.68. The van der Waals surface area contributed by atoms with Crippen LogP contribution in [0.4, 0.5) is 0 Å². The van der Waals surface area contributed by atoms with E-state index in [0.29, 0.717) is 4.64 Å². The van der Waals surface area contributed by atoms with Crippen LogP contribution in [0.1, 0.15) is 30.7 Å². The maximum absolute atomic E-state index is 5.31. The van der Waals surface area contributed by atoms with Gasteiger partial charge in [0.25, 0.3) is 0 Å². The molecule has 0 aliphatic carbocycles. The number of nitrogens with one attached hydrogen (secondary N) is 1. The number of aryl methyl sites for hydroxylation is 2. The van der Waals surface area contributed by atoms with Crippen LogP contribution in [-0.2, 0) is 12.8 Å². The Morgan fingerprint density at radius 2 is 1.78 bits per heavy atom. The lowest BCUT2D eigenvalue weighted by molar-refractivity contribution is 0.969. The van der Waals surface area contributed by atoms with E-state index in [1.165, 1.54) is 11.3 Å². The summed E-state index contributed by atoms with van der Waals surface area (Å²) in [6, 6.07) is 8.47. The Bertz CT molecular complexity index is 597. The average molecular weight is 258 g/mol. The van der Waals surface area contributed by atoms with Gasteiger partial charge >= 0.3 is 0 Å². The first-order chi connectivity index (χ1) is 8.65. The molecule has 0 aliphatic heterocycles. The molecule has 1 aromatic carbocycles. The first kappa shape index (κ1) is 13.0. The Morgan fingerprint density at radius 1 is 1.11 bits per heavy atom. The molecule has 3 heteroatoms. The molecule has 1 heterocycles. The molecule has 0 fully saturated rings. The molecule has 94 valence electrons. The van der Waals surface area contributed by atoms with E-state index >= 15 is 0 Å². The molecule has 0 atom stereocenters. The monoisotopic (exact) mass is 258 g/mol. The predicted octanol–water partition coefficient (Wildman–Crippen LogP) is 4.24. The van der Waals surface area contributed by atoms with Crippen molar-refractivity contribution in [2.24, 2.45) is 0 Å². The van der Waals surface area contributed by atoms with E-state index in [0.717, 1.165) is 29.8 Å². The van der Waals surface area contributed by atoms with Crippen molar-refractivity contribution in [3.05, 3.63) is 45.7 Å². The predicted molar refractivity (Wildman–Crippen MR) is 78.4 cm³/mol. The Kier molecular flexibility index (Phi) is 3.92. The summed E-state index contributed by atoms with van der Waals surface area (Å²) in [5, 5.41) is 0. The smallest absolute Gasteiger partial charge is 0.139 e. The van der Waals surface area contributed by atoms with Gasteiger partial charge in [0, 0.05) is 16.8 Å². The number of benzene rings is 1. The van der Waals surface area contributed by atoms with Crippen molar-refractivity contribution < 1.29 is 0 Å². The lowest BCUT2D eigenvalue weighted by atomic mass is 10.1. The number of nitrogens with zero attached hydrogens (tertiary/aromatic N) is 1. The van der Waals surface area contributed by atoms with E-state index in [9.17, 15) is 0 Å². The van der Waals surface area contributed by atoms with Crippen molar-refractivity contribution in [1.29, 1.82) is 0 Å². The Hall–Kier alpha value is -1.48. The largest absolute Gasteiger partial charge is 0.343 e. The second-order valence-electron chi connectivity index (χ2n) is 4.40. The van der Waals surface area contributed by atoms with Crippen molar-refractivity contribution in [3.63, 3.8) is 0 Å². The molecule has 0 saturated heterocycles. The van der Waals surface area contributed by atoms with E-state index in [1.807, 2.05) is 6.92 Å². The van der Waals surface area contributed by atoms with Gasteiger partial charge in [-0.2, -0.15) is 0 Å². The number of rotatable bonds is 3. The number of hydrogen-bond acceptors (Lipinski definition) is 2. The third kappa shape index (κ3) is 2.51. The molecular formula is C15H18N2S. The van der Waals surface area contributed by atoms with Crippen LogP contribution >= 0.6 is 12.2 Å². The summed E-state index contributed by atoms with van der Waals surface area (Å²) in [6.45, 7) is 6.30. The molecule has 18 heavy (non-hydrogen) atoms. The van der Waals surface area contributed by atoms with Gasteiger partial charge in [0.2, 0.25) is 0 Å². The molecule has 1 aromatic heterocycles. The van der Waals surface area contributed by atoms with Crippen molar-refractivity contribution in [1.82, 2.24) is 9.97 Å². The van der Waals surface area contributed by atoms with Gasteiger partial charge in [-0.05, 0) is 25.3 Å². The summed E-state index contributed by atoms with van der Waals surface area (Å²) in [4.78, 5) is 7.85. The molecule has 2 rings (SSSR count). The third-order valence-corrected chi connectivity index (χ3v) is 3.64. The van der Waals surface area contributed by atoms with Crippen LogP contribution in [-0.4, -0.2) is 9.97 Å². The fourth-order valence-electron chi connectivity index (χ4n) is 1.97. The van der Waals surface area contributed by atoms with Gasteiger partial charge in [0.05, 0.1) is 0 Å². The molecule has 0 aliphatic rings. The van der Waals surface area contributed by atoms with E-state index in [-0.39, 0.29) is 0 Å². The van der Waals surface area contributed by atoms with Gasteiger partial charge in [-0.15, -0.1) is 0 Å². The first-order valence-electron chi connectivity index (χ1n) is 6.34. The fraction of sp³-hybridized carbons (Fsp3) is 0.333. The van der Waals surface area contributed by atoms with Crippen molar-refractivity contribution >= 4 is 12.2 Å². The molecule has 2 nitrogen and oxygen atoms in total. The normalized spacial score (nSPS) is 10.6. The third-order valence-electron chi connectivity index (χ3n) is 3.25. The van der Waals surface area contributed by atoms with Gasteiger partial charge in [-0.3, -0.25) is 0 Å². The zero-order valence-electron chi connectivity index (χ0n) is 11.1. The Labute approximate surface area is 113 Å². The van der Waals surface area contributed by atoms with Gasteiger partial charge in [-0.1, -0.05) is 50.3 Å². The molecular weight excluding hydrogens is 240 g/mol. The second-order valence-corrected chi connectivity index (χ2v) is 4.78. The zero-order valence-corrected chi connectivity index (χ0v) is 11.9. The van der Waals surface area contributed by atoms with Gasteiger partial charge < -0.3 is 4.98 Å². The van der Waals surface area contributed by atoms with E-state index in [4.69, 9.17) is 12.2 Å². The second kappa shape index (κ2) is 5.44. The minimum atomic E-state index is 0.695. The van der Waals surface area contributed by atoms with E-state index in [2.05, 4.69) is 48.1 Å². The number of aromatic nitrogens is 2. The summed E-state index contributed by atoms with van der Waals surface area (Å²) in [7, 11) is 0.